The third kappa shape index (κ3) is 19.6. The van der Waals surface area contributed by atoms with Crippen LogP contribution in [-0.2, 0) is 74.1 Å². The molecule has 0 spiro atoms. The fourth-order valence-electron chi connectivity index (χ4n) is 17.8. The molecule has 9 N–H and O–H groups in total. The van der Waals surface area contributed by atoms with Gasteiger partial charge in [0.05, 0.1) is 38.9 Å². The second-order valence-corrected chi connectivity index (χ2v) is 36.7. The van der Waals surface area contributed by atoms with Gasteiger partial charge in [0.25, 0.3) is 82.2 Å². The first-order valence-corrected chi connectivity index (χ1v) is 43.6. The lowest BCUT2D eigenvalue weighted by Gasteiger charge is -2.46. The third-order valence-corrected chi connectivity index (χ3v) is 25.6. The van der Waals surface area contributed by atoms with Crippen molar-refractivity contribution >= 4 is 151 Å². The van der Waals surface area contributed by atoms with Gasteiger partial charge in [0.1, 0.15) is 33.9 Å². The minimum atomic E-state index is -3.11. The molecule has 8 heterocycles. The van der Waals surface area contributed by atoms with Gasteiger partial charge in [0.15, 0.2) is 5.78 Å². The Kier molecular flexibility index (Phi) is 27.7. The SMILES string of the molecule is CCC(=O)C1(NC(=O)C(=O)c2c(C)c(C(=O)Nc3ccc(C)c(Cl)c3)n3c2CCC3)CC(F)(F)C1.CNC(=O)C1(NC(=O)C(=O)c2c(C)c(C(=O)Nc3ccc(C)c(Cl)c3)n3c2C[C@@H]2C[C@@H]23)CC(F)(F)C1.Cc1ccc(NC(=O)c2c(C)c(C(=O)C(=O)NC(C)C)c3n2CCC3)cc1Cl.Cc1ccc(NC(=O)c2c(Cl)c(C(=O)C(=O)NC(C)(C)C)c3n2CCC3)cc1C#N. The summed E-state index contributed by atoms with van der Waals surface area (Å²) in [6, 6.07) is 22.5. The van der Waals surface area contributed by atoms with Crippen LogP contribution in [0, 0.1) is 65.7 Å². The maximum atomic E-state index is 13.6. The van der Waals surface area contributed by atoms with Crippen LogP contribution in [0.4, 0.5) is 40.3 Å². The molecule has 4 aromatic heterocycles. The maximum Gasteiger partial charge on any atom is 0.293 e. The van der Waals surface area contributed by atoms with Gasteiger partial charge in [0.2, 0.25) is 5.91 Å². The molecular formula is C93H98Cl4F4N14O14. The van der Waals surface area contributed by atoms with E-state index in [0.717, 1.165) is 47.2 Å². The number of amides is 9. The van der Waals surface area contributed by atoms with E-state index in [1.165, 1.54) is 14.0 Å². The van der Waals surface area contributed by atoms with E-state index in [-0.39, 0.29) is 69.1 Å². The Balaban J connectivity index is 0.000000157. The van der Waals surface area contributed by atoms with Gasteiger partial charge in [-0.05, 0) is 228 Å². The Labute approximate surface area is 760 Å². The molecule has 680 valence electrons. The Bertz CT molecular complexity index is 6140. The molecule has 15 rings (SSSR count). The minimum Gasteiger partial charge on any atom is -0.357 e. The van der Waals surface area contributed by atoms with Gasteiger partial charge in [-0.1, -0.05) is 77.6 Å². The van der Waals surface area contributed by atoms with E-state index >= 15 is 0 Å². The first kappa shape index (κ1) is 96.0. The maximum absolute atomic E-state index is 13.6. The van der Waals surface area contributed by atoms with Gasteiger partial charge >= 0.3 is 0 Å². The van der Waals surface area contributed by atoms with E-state index in [4.69, 9.17) is 46.4 Å². The average molecular weight is 1850 g/mol. The van der Waals surface area contributed by atoms with Gasteiger partial charge < -0.3 is 66.1 Å². The summed E-state index contributed by atoms with van der Waals surface area (Å²) in [6.07, 6.45) is 1.89. The fraction of sp³-hybridized carbons (Fsp3) is 0.409. The number of nitrogens with one attached hydrogen (secondary N) is 9. The number of ketones is 5. The molecule has 0 bridgehead atoms. The van der Waals surface area contributed by atoms with Crippen molar-refractivity contribution in [1.29, 1.82) is 5.26 Å². The van der Waals surface area contributed by atoms with E-state index in [1.54, 1.807) is 131 Å². The Morgan fingerprint density at radius 2 is 0.853 bits per heavy atom. The normalized spacial score (nSPS) is 16.6. The average Bonchev–Trinajstić information content (AvgIpc) is 1.53. The number of alkyl halides is 4. The van der Waals surface area contributed by atoms with Gasteiger partial charge in [-0.25, -0.2) is 17.6 Å². The number of carbonyl (C=O) groups excluding carboxylic acids is 14. The molecule has 7 aliphatic rings. The molecule has 28 nitrogen and oxygen atoms in total. The summed E-state index contributed by atoms with van der Waals surface area (Å²) >= 11 is 24.9. The van der Waals surface area contributed by atoms with Crippen molar-refractivity contribution in [2.24, 2.45) is 5.92 Å². The number of nitrogens with zero attached hydrogens (tertiary/aromatic N) is 5. The molecule has 129 heavy (non-hydrogen) atoms. The van der Waals surface area contributed by atoms with Crippen LogP contribution in [0.5, 0.6) is 0 Å². The molecule has 0 radical (unpaired) electrons. The standard InChI is InChI=1S/C25H25ClF2N4O4.C25H26ClF2N3O4.C22H23ClN4O3.C21H24ClN3O3/c1-11-4-5-14(8-15(11)26)30-21(34)19-12(2)18(17-7-13-6-16(13)32(17)19)20(33)22(35)31-24(23(36)29-3)9-25(27,28)10-24;1-4-18(32)24(11-25(27,28)12-24)30-23(35)21(33)19-14(3)20(31-9-5-6-17(19)31)22(34)29-15-8-7-13(2)16(26)10-15;1-12-7-8-14(10-13(12)11-24)25-20(29)18-17(23)16(15-6-5-9-27(15)18)19(28)21(30)26-22(2,3)4;1-11(2)23-21(28)19(26)17-13(4)18(25-9-5-6-16(17)25)20(27)24-14-8-7-12(3)15(22)10-14/h4-5,8,13,16H,6-7,9-10H2,1-3H3,(H,29,36)(H,30,34)(H,31,35);7-8,10H,4-6,9,11-12H2,1-3H3,(H,29,34)(H,30,35);7-8,10H,5-6,9H2,1-4H3,(H,25,29)(H,26,30);7-8,10-11H,5-6,9H2,1-4H3,(H,23,28)(H,24,27)/t13-,16-;;;/m0.../s1. The second kappa shape index (κ2) is 37.2. The number of aryl methyl sites for hydroxylation is 4. The first-order chi connectivity index (χ1) is 60.5. The highest BCUT2D eigenvalue weighted by Gasteiger charge is 2.63. The monoisotopic (exact) mass is 1850 g/mol. The third-order valence-electron chi connectivity index (χ3n) is 24.0. The van der Waals surface area contributed by atoms with Gasteiger partial charge in [-0.2, -0.15) is 5.26 Å². The number of hydrogen-bond donors (Lipinski definition) is 9. The molecule has 9 amide bonds. The summed E-state index contributed by atoms with van der Waals surface area (Å²) in [7, 11) is 1.28. The van der Waals surface area contributed by atoms with E-state index in [0.29, 0.717) is 140 Å². The van der Waals surface area contributed by atoms with E-state index in [1.807, 2.05) is 42.9 Å². The number of rotatable bonds is 22. The number of anilines is 4. The first-order valence-electron chi connectivity index (χ1n) is 42.1. The van der Waals surface area contributed by atoms with E-state index < -0.39 is 130 Å². The summed E-state index contributed by atoms with van der Waals surface area (Å²) < 4.78 is 61.6. The molecule has 2 atom stereocenters. The van der Waals surface area contributed by atoms with Crippen molar-refractivity contribution in [3.8, 4) is 6.07 Å². The minimum absolute atomic E-state index is 0.0242. The Hall–Kier alpha value is -12.1. The second-order valence-electron chi connectivity index (χ2n) is 35.1. The summed E-state index contributed by atoms with van der Waals surface area (Å²) in [5.41, 5.74) is 7.08. The lowest BCUT2D eigenvalue weighted by atomic mass is 9.69. The molecule has 0 saturated heterocycles. The molecule has 3 saturated carbocycles. The largest absolute Gasteiger partial charge is 0.357 e. The zero-order valence-corrected chi connectivity index (χ0v) is 76.5. The van der Waals surface area contributed by atoms with Crippen LogP contribution in [0.15, 0.2) is 72.8 Å². The number of hydrogen-bond acceptors (Lipinski definition) is 15. The number of aromatic nitrogens is 4. The number of likely N-dealkylation sites (N-methyl/N-ethyl adjacent to an activating group) is 1. The highest BCUT2D eigenvalue weighted by Crippen LogP contribution is 2.55. The lowest BCUT2D eigenvalue weighted by Crippen LogP contribution is -2.69. The van der Waals surface area contributed by atoms with Crippen LogP contribution in [0.1, 0.15) is 256 Å². The fourth-order valence-corrected chi connectivity index (χ4v) is 18.7. The summed E-state index contributed by atoms with van der Waals surface area (Å²) in [4.78, 5) is 180. The van der Waals surface area contributed by atoms with Gasteiger partial charge in [-0.3, -0.25) is 67.1 Å². The Morgan fingerprint density at radius 3 is 1.26 bits per heavy atom. The molecule has 0 unspecified atom stereocenters. The summed E-state index contributed by atoms with van der Waals surface area (Å²) in [5, 5.41) is 34.0. The van der Waals surface area contributed by atoms with E-state index in [9.17, 15) is 89.9 Å². The van der Waals surface area contributed by atoms with Crippen LogP contribution in [0.2, 0.25) is 20.1 Å². The smallest absolute Gasteiger partial charge is 0.293 e. The number of fused-ring (bicyclic) bond motifs is 6. The van der Waals surface area contributed by atoms with Crippen molar-refractivity contribution in [3.63, 3.8) is 0 Å². The van der Waals surface area contributed by atoms with Crippen LogP contribution < -0.4 is 47.9 Å². The van der Waals surface area contributed by atoms with Crippen molar-refractivity contribution in [2.75, 3.05) is 28.3 Å². The number of benzene rings is 4. The topological polar surface area (TPSA) is 391 Å². The van der Waals surface area contributed by atoms with Crippen molar-refractivity contribution in [3.05, 3.63) is 205 Å². The lowest BCUT2D eigenvalue weighted by molar-refractivity contribution is -0.164. The molecule has 8 aromatic rings. The van der Waals surface area contributed by atoms with Crippen molar-refractivity contribution in [2.45, 2.75) is 234 Å². The quantitative estimate of drug-likeness (QED) is 0.0173. The zero-order chi connectivity index (χ0) is 94.7. The number of carbonyl (C=O) groups is 14. The van der Waals surface area contributed by atoms with Crippen LogP contribution in [0.3, 0.4) is 0 Å². The van der Waals surface area contributed by atoms with Crippen LogP contribution >= 0.6 is 46.4 Å². The number of Topliss-reactive ketones (excluding diaryl/α,β-unsaturated/α-hetero) is 5. The predicted octanol–water partition coefficient (Wildman–Crippen LogP) is 15.0. The predicted molar refractivity (Wildman–Crippen MR) is 477 cm³/mol. The van der Waals surface area contributed by atoms with Gasteiger partial charge in [-0.15, -0.1) is 0 Å². The molecule has 4 aliphatic heterocycles. The molecular weight excluding hydrogens is 1750 g/mol. The van der Waals surface area contributed by atoms with Crippen molar-refractivity contribution in [1.82, 2.24) is 44.9 Å². The van der Waals surface area contributed by atoms with Crippen molar-refractivity contribution < 1.29 is 84.7 Å². The Morgan fingerprint density at radius 1 is 0.488 bits per heavy atom. The van der Waals surface area contributed by atoms with Gasteiger partial charge in [0, 0.05) is 137 Å². The highest BCUT2D eigenvalue weighted by molar-refractivity contribution is 6.49. The molecule has 36 heteroatoms. The van der Waals surface area contributed by atoms with E-state index in [2.05, 4.69) is 53.9 Å². The summed E-state index contributed by atoms with van der Waals surface area (Å²) in [6.45, 7) is 24.4. The van der Waals surface area contributed by atoms with Crippen LogP contribution in [0.25, 0.3) is 0 Å². The molecule has 3 fully saturated rings. The number of halogens is 8. The summed E-state index contributed by atoms with van der Waals surface area (Å²) in [5.74, 6) is -15.8. The highest BCUT2D eigenvalue weighted by atomic mass is 35.5. The molecule has 4 aromatic carbocycles. The van der Waals surface area contributed by atoms with Crippen LogP contribution in [-0.4, -0.2) is 142 Å². The zero-order valence-electron chi connectivity index (χ0n) is 73.4. The number of nitriles is 1. The molecule has 3 aliphatic carbocycles.